The lowest BCUT2D eigenvalue weighted by Gasteiger charge is -2.38. The van der Waals surface area contributed by atoms with E-state index in [-0.39, 0.29) is 23.7 Å². The van der Waals surface area contributed by atoms with E-state index in [1.54, 1.807) is 20.8 Å². The maximum absolute atomic E-state index is 13.9. The highest BCUT2D eigenvalue weighted by molar-refractivity contribution is 6.38. The summed E-state index contributed by atoms with van der Waals surface area (Å²) < 4.78 is 5.38. The van der Waals surface area contributed by atoms with Gasteiger partial charge in [0.05, 0.1) is 13.2 Å². The summed E-state index contributed by atoms with van der Waals surface area (Å²) >= 11 is 0. The van der Waals surface area contributed by atoms with Crippen LogP contribution in [0.5, 0.6) is 0 Å². The number of hydrogen-bond donors (Lipinski definition) is 3. The molecule has 0 bridgehead atoms. The summed E-state index contributed by atoms with van der Waals surface area (Å²) in [6, 6.07) is -2.84. The second-order valence-corrected chi connectivity index (χ2v) is 12.7. The van der Waals surface area contributed by atoms with Gasteiger partial charge in [0.15, 0.2) is 0 Å². The second-order valence-electron chi connectivity index (χ2n) is 12.7. The summed E-state index contributed by atoms with van der Waals surface area (Å²) in [5.74, 6) is -2.67. The third-order valence-corrected chi connectivity index (χ3v) is 7.16. The maximum atomic E-state index is 13.9. The molecule has 0 aromatic heterocycles. The van der Waals surface area contributed by atoms with Crippen molar-refractivity contribution in [3.8, 4) is 0 Å². The molecule has 1 heterocycles. The number of ether oxygens (including phenoxy) is 1. The van der Waals surface area contributed by atoms with E-state index in [4.69, 9.17) is 4.74 Å². The van der Waals surface area contributed by atoms with Crippen LogP contribution in [-0.2, 0) is 28.8 Å². The fraction of sp³-hybridized carbons (Fsp3) is 0.808. The predicted octanol–water partition coefficient (Wildman–Crippen LogP) is 1.94. The fourth-order valence-corrected chi connectivity index (χ4v) is 5.17. The van der Waals surface area contributed by atoms with Crippen molar-refractivity contribution in [2.24, 2.45) is 22.7 Å². The van der Waals surface area contributed by atoms with Gasteiger partial charge in [0.1, 0.15) is 17.7 Å². The summed E-state index contributed by atoms with van der Waals surface area (Å²) in [6.45, 7) is 17.0. The molecule has 3 unspecified atom stereocenters. The Morgan fingerprint density at radius 1 is 1.03 bits per heavy atom. The molecule has 1 aliphatic heterocycles. The molecule has 0 radical (unpaired) electrons. The van der Waals surface area contributed by atoms with Crippen LogP contribution >= 0.6 is 0 Å². The highest BCUT2D eigenvalue weighted by atomic mass is 16.6. The van der Waals surface area contributed by atoms with Crippen molar-refractivity contribution in [2.75, 3.05) is 13.7 Å². The number of fused-ring (bicyclic) bond motifs is 1. The summed E-state index contributed by atoms with van der Waals surface area (Å²) in [7, 11) is 1.22. The molecule has 0 aromatic rings. The Balaban J connectivity index is 2.31. The van der Waals surface area contributed by atoms with Gasteiger partial charge in [-0.1, -0.05) is 48.0 Å². The molecule has 0 aromatic carbocycles. The third kappa shape index (κ3) is 7.00. The first-order chi connectivity index (χ1) is 16.9. The molecular formula is C26H44N4O7. The van der Waals surface area contributed by atoms with Crippen molar-refractivity contribution >= 4 is 29.6 Å². The van der Waals surface area contributed by atoms with Crippen molar-refractivity contribution in [3.63, 3.8) is 0 Å². The van der Waals surface area contributed by atoms with Crippen molar-refractivity contribution in [2.45, 2.75) is 98.9 Å². The summed E-state index contributed by atoms with van der Waals surface area (Å²) in [5, 5.41) is 5.42. The van der Waals surface area contributed by atoms with Crippen LogP contribution in [0.3, 0.4) is 0 Å². The molecule has 210 valence electrons. The van der Waals surface area contributed by atoms with E-state index in [1.165, 1.54) is 12.0 Å². The monoisotopic (exact) mass is 524 g/mol. The fourth-order valence-electron chi connectivity index (χ4n) is 5.17. The van der Waals surface area contributed by atoms with Gasteiger partial charge in [0.2, 0.25) is 17.6 Å². The normalized spacial score (nSPS) is 23.8. The van der Waals surface area contributed by atoms with E-state index in [9.17, 15) is 24.0 Å². The Kier molecular flexibility index (Phi) is 9.05. The zero-order valence-electron chi connectivity index (χ0n) is 23.8. The van der Waals surface area contributed by atoms with E-state index in [1.807, 2.05) is 47.0 Å². The SMILES string of the molecule is CCCC(NC(=O)[C@@H]1C2C(CN1C(=O)[C@@H](NC(=O)OC(C)(C)C)C(C)(C)C)C2(C)C)C(=O)C(=O)NOC. The van der Waals surface area contributed by atoms with E-state index < -0.39 is 58.7 Å². The Hall–Kier alpha value is -2.69. The van der Waals surface area contributed by atoms with E-state index >= 15 is 0 Å². The third-order valence-electron chi connectivity index (χ3n) is 7.16. The number of rotatable bonds is 9. The number of amides is 4. The number of likely N-dealkylation sites (tertiary alicyclic amines) is 1. The molecule has 2 rings (SSSR count). The minimum atomic E-state index is -1.05. The quantitative estimate of drug-likeness (QED) is 0.309. The number of carbonyl (C=O) groups excluding carboxylic acids is 5. The number of carbonyl (C=O) groups is 5. The molecule has 11 nitrogen and oxygen atoms in total. The van der Waals surface area contributed by atoms with Crippen molar-refractivity contribution < 1.29 is 33.5 Å². The van der Waals surface area contributed by atoms with Gasteiger partial charge in [-0.25, -0.2) is 10.3 Å². The lowest BCUT2D eigenvalue weighted by molar-refractivity contribution is -0.147. The van der Waals surface area contributed by atoms with Gasteiger partial charge in [-0.15, -0.1) is 0 Å². The van der Waals surface area contributed by atoms with Crippen LogP contribution in [-0.4, -0.2) is 71.9 Å². The van der Waals surface area contributed by atoms with E-state index in [2.05, 4.69) is 15.5 Å². The maximum Gasteiger partial charge on any atom is 0.408 e. The van der Waals surface area contributed by atoms with Crippen LogP contribution in [0.2, 0.25) is 0 Å². The van der Waals surface area contributed by atoms with Gasteiger partial charge < -0.3 is 20.3 Å². The Morgan fingerprint density at radius 2 is 1.62 bits per heavy atom. The largest absolute Gasteiger partial charge is 0.444 e. The van der Waals surface area contributed by atoms with Crippen molar-refractivity contribution in [1.29, 1.82) is 0 Å². The Labute approximate surface area is 219 Å². The van der Waals surface area contributed by atoms with Gasteiger partial charge in [-0.3, -0.25) is 24.0 Å². The Morgan fingerprint density at radius 3 is 2.11 bits per heavy atom. The van der Waals surface area contributed by atoms with Crippen LogP contribution < -0.4 is 16.1 Å². The molecule has 1 saturated carbocycles. The number of alkyl carbamates (subject to hydrolysis) is 1. The smallest absolute Gasteiger partial charge is 0.408 e. The molecule has 2 aliphatic rings. The average Bonchev–Trinajstić information content (AvgIpc) is 3.08. The first kappa shape index (κ1) is 30.5. The van der Waals surface area contributed by atoms with Crippen LogP contribution in [0.1, 0.15) is 75.2 Å². The predicted molar refractivity (Wildman–Crippen MR) is 136 cm³/mol. The molecule has 1 aliphatic carbocycles. The second kappa shape index (κ2) is 11.0. The number of hydrogen-bond acceptors (Lipinski definition) is 7. The van der Waals surface area contributed by atoms with Crippen LogP contribution in [0.4, 0.5) is 4.79 Å². The molecule has 2 fully saturated rings. The number of Topliss-reactive ketones (excluding diaryl/α,β-unsaturated/α-hetero) is 1. The zero-order valence-corrected chi connectivity index (χ0v) is 23.8. The minimum absolute atomic E-state index is 0.103. The number of hydroxylamine groups is 1. The topological polar surface area (TPSA) is 143 Å². The summed E-state index contributed by atoms with van der Waals surface area (Å²) in [5.41, 5.74) is 0.420. The standard InChI is InChI=1S/C26H44N4O7/c1-11-12-15(18(31)21(33)29-36-10)27-20(32)17-16-14(26(16,8)9)13-30(17)22(34)19(24(2,3)4)28-23(35)37-25(5,6)7/h14-17,19H,11-13H2,1-10H3,(H,27,32)(H,28,35)(H,29,33)/t14?,15?,16?,17-,19+/m0/s1. The molecule has 11 heteroatoms. The van der Waals surface area contributed by atoms with E-state index in [0.717, 1.165) is 0 Å². The van der Waals surface area contributed by atoms with Gasteiger partial charge in [0.25, 0.3) is 0 Å². The molecule has 0 spiro atoms. The summed E-state index contributed by atoms with van der Waals surface area (Å²) in [6.07, 6.45) is 0.0856. The first-order valence-electron chi connectivity index (χ1n) is 12.8. The molecule has 1 saturated heterocycles. The lowest BCUT2D eigenvalue weighted by Crippen LogP contribution is -2.60. The molecule has 3 N–H and O–H groups in total. The zero-order chi connectivity index (χ0) is 28.5. The van der Waals surface area contributed by atoms with Crippen molar-refractivity contribution in [3.05, 3.63) is 0 Å². The number of nitrogens with zero attached hydrogens (tertiary/aromatic N) is 1. The molecule has 37 heavy (non-hydrogen) atoms. The van der Waals surface area contributed by atoms with Gasteiger partial charge in [-0.2, -0.15) is 0 Å². The lowest BCUT2D eigenvalue weighted by atomic mass is 9.85. The minimum Gasteiger partial charge on any atom is -0.444 e. The average molecular weight is 525 g/mol. The highest BCUT2D eigenvalue weighted by Gasteiger charge is 2.69. The van der Waals surface area contributed by atoms with Crippen LogP contribution in [0.25, 0.3) is 0 Å². The highest BCUT2D eigenvalue weighted by Crippen LogP contribution is 2.65. The molecule has 5 atom stereocenters. The molecule has 4 amide bonds. The van der Waals surface area contributed by atoms with E-state index in [0.29, 0.717) is 13.0 Å². The summed E-state index contributed by atoms with van der Waals surface area (Å²) in [4.78, 5) is 70.8. The van der Waals surface area contributed by atoms with Gasteiger partial charge in [-0.05, 0) is 49.9 Å². The van der Waals surface area contributed by atoms with Gasteiger partial charge in [0, 0.05) is 6.54 Å². The molecular weight excluding hydrogens is 480 g/mol. The van der Waals surface area contributed by atoms with Crippen LogP contribution in [0.15, 0.2) is 0 Å². The Bertz CT molecular complexity index is 919. The number of ketones is 1. The number of piperidine rings is 1. The van der Waals surface area contributed by atoms with Gasteiger partial charge >= 0.3 is 12.0 Å². The van der Waals surface area contributed by atoms with Crippen molar-refractivity contribution in [1.82, 2.24) is 21.0 Å². The van der Waals surface area contributed by atoms with Crippen LogP contribution in [0, 0.1) is 22.7 Å². The number of nitrogens with one attached hydrogen (secondary N) is 3. The first-order valence-corrected chi connectivity index (χ1v) is 12.8.